The number of nitrogens with zero attached hydrogens (tertiary/aromatic N) is 4. The molecular weight excluding hydrogens is 240 g/mol. The molecule has 19 heavy (non-hydrogen) atoms. The van der Waals surface area contributed by atoms with Crippen molar-refractivity contribution in [3.63, 3.8) is 0 Å². The molecule has 0 saturated heterocycles. The smallest absolute Gasteiger partial charge is 0.231 e. The summed E-state index contributed by atoms with van der Waals surface area (Å²) in [5, 5.41) is 2.87. The molecule has 1 heterocycles. The molecule has 0 aliphatic carbocycles. The van der Waals surface area contributed by atoms with Crippen molar-refractivity contribution in [1.82, 2.24) is 15.0 Å². The first-order chi connectivity index (χ1) is 9.19. The molecule has 0 fully saturated rings. The average molecular weight is 258 g/mol. The minimum atomic E-state index is 0.223. The maximum absolute atomic E-state index is 5.65. The number of benzene rings is 1. The normalized spacial score (nSPS) is 10.2. The highest BCUT2D eigenvalue weighted by atomic mass is 15.3. The quantitative estimate of drug-likeness (QED) is 0.838. The Hall–Kier alpha value is -2.37. The molecule has 2 rings (SSSR count). The minimum absolute atomic E-state index is 0.223. The van der Waals surface area contributed by atoms with Crippen molar-refractivity contribution in [2.75, 3.05) is 36.6 Å². The Balaban J connectivity index is 2.03. The lowest BCUT2D eigenvalue weighted by atomic mass is 10.1. The topological polar surface area (TPSA) is 80.0 Å². The van der Waals surface area contributed by atoms with Gasteiger partial charge in [0.1, 0.15) is 0 Å². The van der Waals surface area contributed by atoms with Crippen molar-refractivity contribution in [1.29, 1.82) is 0 Å². The van der Waals surface area contributed by atoms with E-state index in [-0.39, 0.29) is 5.95 Å². The second-order valence-corrected chi connectivity index (χ2v) is 4.22. The second-order valence-electron chi connectivity index (χ2n) is 4.22. The molecule has 0 bridgehead atoms. The highest BCUT2D eigenvalue weighted by Gasteiger charge is 2.08. The summed E-state index contributed by atoms with van der Waals surface area (Å²) in [6.07, 6.45) is 0.928. The third kappa shape index (κ3) is 3.54. The summed E-state index contributed by atoms with van der Waals surface area (Å²) in [6.45, 7) is 0.816. The fourth-order valence-corrected chi connectivity index (χ4v) is 1.70. The van der Waals surface area contributed by atoms with Gasteiger partial charge in [-0.25, -0.2) is 0 Å². The van der Waals surface area contributed by atoms with Crippen LogP contribution in [0.5, 0.6) is 0 Å². The SMILES string of the molecule is CNc1nc(N)nc(N(C)CCc2ccccc2)n1. The van der Waals surface area contributed by atoms with Crippen LogP contribution < -0.4 is 16.0 Å². The van der Waals surface area contributed by atoms with Crippen LogP contribution in [-0.2, 0) is 6.42 Å². The van der Waals surface area contributed by atoms with Crippen molar-refractivity contribution in [2.24, 2.45) is 0 Å². The van der Waals surface area contributed by atoms with Gasteiger partial charge in [0.2, 0.25) is 17.8 Å². The van der Waals surface area contributed by atoms with E-state index in [9.17, 15) is 0 Å². The van der Waals surface area contributed by atoms with E-state index >= 15 is 0 Å². The number of nitrogens with two attached hydrogens (primary N) is 1. The third-order valence-corrected chi connectivity index (χ3v) is 2.78. The maximum atomic E-state index is 5.65. The minimum Gasteiger partial charge on any atom is -0.368 e. The van der Waals surface area contributed by atoms with Crippen LogP contribution in [-0.4, -0.2) is 35.6 Å². The molecule has 0 aliphatic heterocycles. The molecule has 0 spiro atoms. The van der Waals surface area contributed by atoms with Crippen molar-refractivity contribution in [3.8, 4) is 0 Å². The van der Waals surface area contributed by atoms with E-state index in [2.05, 4.69) is 32.4 Å². The Labute approximate surface area is 112 Å². The van der Waals surface area contributed by atoms with E-state index in [0.29, 0.717) is 11.9 Å². The number of nitrogens with one attached hydrogen (secondary N) is 1. The van der Waals surface area contributed by atoms with Gasteiger partial charge in [0.05, 0.1) is 0 Å². The summed E-state index contributed by atoms with van der Waals surface area (Å²) in [4.78, 5) is 14.3. The molecule has 6 nitrogen and oxygen atoms in total. The Kier molecular flexibility index (Phi) is 4.12. The van der Waals surface area contributed by atoms with Crippen LogP contribution in [0.3, 0.4) is 0 Å². The monoisotopic (exact) mass is 258 g/mol. The van der Waals surface area contributed by atoms with Gasteiger partial charge in [-0.15, -0.1) is 0 Å². The van der Waals surface area contributed by atoms with Crippen molar-refractivity contribution in [3.05, 3.63) is 35.9 Å². The molecule has 0 amide bonds. The summed E-state index contributed by atoms with van der Waals surface area (Å²) < 4.78 is 0. The molecule has 0 atom stereocenters. The zero-order chi connectivity index (χ0) is 13.7. The second kappa shape index (κ2) is 5.99. The first kappa shape index (κ1) is 13.1. The summed E-state index contributed by atoms with van der Waals surface area (Å²) in [7, 11) is 3.69. The van der Waals surface area contributed by atoms with Crippen LogP contribution in [0.15, 0.2) is 30.3 Å². The molecule has 0 radical (unpaired) electrons. The van der Waals surface area contributed by atoms with E-state index in [4.69, 9.17) is 5.73 Å². The zero-order valence-electron chi connectivity index (χ0n) is 11.2. The van der Waals surface area contributed by atoms with E-state index in [1.807, 2.05) is 30.1 Å². The van der Waals surface area contributed by atoms with Gasteiger partial charge in [-0.05, 0) is 12.0 Å². The molecule has 1 aromatic heterocycles. The summed E-state index contributed by atoms with van der Waals surface area (Å²) in [5.41, 5.74) is 6.93. The summed E-state index contributed by atoms with van der Waals surface area (Å²) in [6, 6.07) is 10.3. The highest BCUT2D eigenvalue weighted by molar-refractivity contribution is 5.41. The van der Waals surface area contributed by atoms with Gasteiger partial charge in [0.15, 0.2) is 0 Å². The first-order valence-corrected chi connectivity index (χ1v) is 6.13. The lowest BCUT2D eigenvalue weighted by Gasteiger charge is -2.17. The Morgan fingerprint density at radius 1 is 1.16 bits per heavy atom. The molecule has 0 saturated carbocycles. The number of rotatable bonds is 5. The van der Waals surface area contributed by atoms with Crippen LogP contribution in [0.4, 0.5) is 17.8 Å². The van der Waals surface area contributed by atoms with E-state index in [1.54, 1.807) is 7.05 Å². The van der Waals surface area contributed by atoms with Crippen molar-refractivity contribution >= 4 is 17.8 Å². The predicted molar refractivity (Wildman–Crippen MR) is 77.2 cm³/mol. The third-order valence-electron chi connectivity index (χ3n) is 2.78. The van der Waals surface area contributed by atoms with Gasteiger partial charge < -0.3 is 16.0 Å². The van der Waals surface area contributed by atoms with Gasteiger partial charge in [0, 0.05) is 20.6 Å². The number of hydrogen-bond acceptors (Lipinski definition) is 6. The molecule has 3 N–H and O–H groups in total. The molecule has 6 heteroatoms. The van der Waals surface area contributed by atoms with E-state index in [0.717, 1.165) is 13.0 Å². The number of anilines is 3. The standard InChI is InChI=1S/C13H18N6/c1-15-12-16-11(14)17-13(18-12)19(2)9-8-10-6-4-3-5-7-10/h3-7H,8-9H2,1-2H3,(H3,14,15,16,17,18). The summed E-state index contributed by atoms with van der Waals surface area (Å²) in [5.74, 6) is 1.28. The fourth-order valence-electron chi connectivity index (χ4n) is 1.70. The lowest BCUT2D eigenvalue weighted by molar-refractivity contribution is 0.832. The molecule has 2 aromatic rings. The molecule has 1 aromatic carbocycles. The molecule has 0 unspecified atom stereocenters. The van der Waals surface area contributed by atoms with Crippen LogP contribution >= 0.6 is 0 Å². The molecular formula is C13H18N6. The highest BCUT2D eigenvalue weighted by Crippen LogP contribution is 2.11. The number of hydrogen-bond donors (Lipinski definition) is 2. The van der Waals surface area contributed by atoms with E-state index < -0.39 is 0 Å². The van der Waals surface area contributed by atoms with Gasteiger partial charge in [0.25, 0.3) is 0 Å². The lowest BCUT2D eigenvalue weighted by Crippen LogP contribution is -2.23. The van der Waals surface area contributed by atoms with Crippen molar-refractivity contribution in [2.45, 2.75) is 6.42 Å². The predicted octanol–water partition coefficient (Wildman–Crippen LogP) is 1.17. The zero-order valence-corrected chi connectivity index (χ0v) is 11.2. The average Bonchev–Trinajstić information content (AvgIpc) is 2.45. The van der Waals surface area contributed by atoms with Crippen molar-refractivity contribution < 1.29 is 0 Å². The van der Waals surface area contributed by atoms with Crippen LogP contribution in [0.2, 0.25) is 0 Å². The number of aromatic nitrogens is 3. The van der Waals surface area contributed by atoms with Gasteiger partial charge in [-0.2, -0.15) is 15.0 Å². The molecule has 100 valence electrons. The number of nitrogen functional groups attached to an aromatic ring is 1. The number of likely N-dealkylation sites (N-methyl/N-ethyl adjacent to an activating group) is 1. The first-order valence-electron chi connectivity index (χ1n) is 6.13. The summed E-state index contributed by atoms with van der Waals surface area (Å²) >= 11 is 0. The molecule has 0 aliphatic rings. The van der Waals surface area contributed by atoms with Gasteiger partial charge in [-0.3, -0.25) is 0 Å². The Morgan fingerprint density at radius 2 is 1.89 bits per heavy atom. The van der Waals surface area contributed by atoms with Gasteiger partial charge >= 0.3 is 0 Å². The van der Waals surface area contributed by atoms with Crippen LogP contribution in [0.1, 0.15) is 5.56 Å². The Morgan fingerprint density at radius 3 is 2.58 bits per heavy atom. The van der Waals surface area contributed by atoms with E-state index in [1.165, 1.54) is 5.56 Å². The Bertz CT molecular complexity index is 528. The van der Waals surface area contributed by atoms with Crippen LogP contribution in [0, 0.1) is 0 Å². The van der Waals surface area contributed by atoms with Gasteiger partial charge in [-0.1, -0.05) is 30.3 Å². The largest absolute Gasteiger partial charge is 0.368 e. The maximum Gasteiger partial charge on any atom is 0.231 e. The fraction of sp³-hybridized carbons (Fsp3) is 0.308. The van der Waals surface area contributed by atoms with Crippen LogP contribution in [0.25, 0.3) is 0 Å².